The van der Waals surface area contributed by atoms with Crippen molar-refractivity contribution in [1.29, 1.82) is 0 Å². The number of rotatable bonds is 4. The molecule has 5 nitrogen and oxygen atoms in total. The van der Waals surface area contributed by atoms with Crippen LogP contribution in [0.1, 0.15) is 13.3 Å². The van der Waals surface area contributed by atoms with E-state index in [2.05, 4.69) is 4.18 Å². The minimum atomic E-state index is -4.55. The second kappa shape index (κ2) is 4.01. The molecule has 0 radical (unpaired) electrons. The van der Waals surface area contributed by atoms with Gasteiger partial charge in [-0.1, -0.05) is 6.92 Å². The van der Waals surface area contributed by atoms with Gasteiger partial charge in [0.25, 0.3) is 0 Å². The molecule has 68 valence electrons. The highest BCUT2D eigenvalue weighted by molar-refractivity contribution is 7.80. The van der Waals surface area contributed by atoms with Gasteiger partial charge in [-0.25, -0.2) is 12.6 Å². The zero-order chi connectivity index (χ0) is 9.07. The molecule has 0 aromatic heterocycles. The van der Waals surface area contributed by atoms with E-state index >= 15 is 0 Å². The summed E-state index contributed by atoms with van der Waals surface area (Å²) in [7, 11) is -1.11. The first-order valence-electron chi connectivity index (χ1n) is 3.31. The molecule has 0 heterocycles. The third-order valence-electron chi connectivity index (χ3n) is 1.25. The van der Waals surface area contributed by atoms with Gasteiger partial charge in [0.2, 0.25) is 16.6 Å². The number of quaternary nitrogens is 1. The molecule has 0 bridgehead atoms. The molecule has 0 aliphatic heterocycles. The molecule has 1 unspecified atom stereocenters. The SMILES string of the molecule is CCC(OS(=O)(=O)[O-])[NH+](C)C. The van der Waals surface area contributed by atoms with Crippen molar-refractivity contribution in [2.24, 2.45) is 0 Å². The molecule has 1 atom stereocenters. The summed E-state index contributed by atoms with van der Waals surface area (Å²) in [5.41, 5.74) is 0. The fourth-order valence-corrected chi connectivity index (χ4v) is 1.33. The summed E-state index contributed by atoms with van der Waals surface area (Å²) in [5.74, 6) is 0. The van der Waals surface area contributed by atoms with Gasteiger partial charge in [0.05, 0.1) is 14.1 Å². The lowest BCUT2D eigenvalue weighted by atomic mass is 10.4. The van der Waals surface area contributed by atoms with Gasteiger partial charge in [0.1, 0.15) is 0 Å². The van der Waals surface area contributed by atoms with Crippen molar-refractivity contribution in [2.75, 3.05) is 14.1 Å². The topological polar surface area (TPSA) is 70.9 Å². The van der Waals surface area contributed by atoms with E-state index in [1.165, 1.54) is 0 Å². The van der Waals surface area contributed by atoms with Crippen molar-refractivity contribution in [3.63, 3.8) is 0 Å². The van der Waals surface area contributed by atoms with Crippen LogP contribution in [-0.4, -0.2) is 33.3 Å². The molecule has 0 aliphatic carbocycles. The lowest BCUT2D eigenvalue weighted by Gasteiger charge is -2.20. The number of hydrogen-bond acceptors (Lipinski definition) is 4. The van der Waals surface area contributed by atoms with E-state index in [4.69, 9.17) is 0 Å². The predicted molar refractivity (Wildman–Crippen MR) is 37.7 cm³/mol. The van der Waals surface area contributed by atoms with Crippen molar-refractivity contribution in [1.82, 2.24) is 0 Å². The number of nitrogens with one attached hydrogen (secondary N) is 1. The highest BCUT2D eigenvalue weighted by Crippen LogP contribution is 1.93. The van der Waals surface area contributed by atoms with Crippen LogP contribution in [0.4, 0.5) is 0 Å². The third kappa shape index (κ3) is 5.14. The highest BCUT2D eigenvalue weighted by atomic mass is 32.3. The third-order valence-corrected chi connectivity index (χ3v) is 1.72. The van der Waals surface area contributed by atoms with Crippen LogP contribution >= 0.6 is 0 Å². The molecule has 0 aromatic carbocycles. The van der Waals surface area contributed by atoms with Crippen molar-refractivity contribution in [3.05, 3.63) is 0 Å². The summed E-state index contributed by atoms with van der Waals surface area (Å²) < 4.78 is 34.6. The zero-order valence-electron chi connectivity index (χ0n) is 6.83. The first kappa shape index (κ1) is 10.8. The second-order valence-electron chi connectivity index (χ2n) is 2.48. The molecule has 0 spiro atoms. The van der Waals surface area contributed by atoms with Gasteiger partial charge in [-0.15, -0.1) is 0 Å². The molecule has 0 fully saturated rings. The molecule has 0 saturated carbocycles. The Kier molecular flexibility index (Phi) is 3.95. The van der Waals surface area contributed by atoms with Crippen LogP contribution in [-0.2, 0) is 14.6 Å². The van der Waals surface area contributed by atoms with Gasteiger partial charge in [-0.3, -0.25) is 0 Å². The Morgan fingerprint density at radius 3 is 2.09 bits per heavy atom. The molecule has 0 aromatic rings. The minimum Gasteiger partial charge on any atom is -0.725 e. The Hall–Kier alpha value is -0.170. The molecule has 0 aliphatic rings. The van der Waals surface area contributed by atoms with Crippen LogP contribution in [0.2, 0.25) is 0 Å². The smallest absolute Gasteiger partial charge is 0.222 e. The molecule has 6 heteroatoms. The average Bonchev–Trinajstić information content (AvgIpc) is 1.80. The quantitative estimate of drug-likeness (QED) is 0.322. The van der Waals surface area contributed by atoms with Crippen LogP contribution in [0.15, 0.2) is 0 Å². The largest absolute Gasteiger partial charge is 0.725 e. The van der Waals surface area contributed by atoms with Crippen molar-refractivity contribution < 1.29 is 22.1 Å². The first-order valence-corrected chi connectivity index (χ1v) is 4.64. The summed E-state index contributed by atoms with van der Waals surface area (Å²) in [5, 5.41) is 0. The van der Waals surface area contributed by atoms with Crippen molar-refractivity contribution >= 4 is 10.4 Å². The summed E-state index contributed by atoms with van der Waals surface area (Å²) in [6.45, 7) is 1.75. The van der Waals surface area contributed by atoms with Crippen molar-refractivity contribution in [3.8, 4) is 0 Å². The molecule has 0 amide bonds. The Balaban J connectivity index is 4.10. The molecular weight excluding hydrogens is 170 g/mol. The maximum Gasteiger partial charge on any atom is 0.222 e. The summed E-state index contributed by atoms with van der Waals surface area (Å²) in [6, 6.07) is 0. The predicted octanol–water partition coefficient (Wildman–Crippen LogP) is -1.66. The Labute approximate surface area is 66.9 Å². The standard InChI is InChI=1S/C5H13NO4S/c1-4-5(6(2)3)10-11(7,8)9/h5H,4H2,1-3H3,(H,7,8,9). The van der Waals surface area contributed by atoms with Gasteiger partial charge in [-0.05, 0) is 0 Å². The molecule has 1 N–H and O–H groups in total. The summed E-state index contributed by atoms with van der Waals surface area (Å²) >= 11 is 0. The van der Waals surface area contributed by atoms with E-state index in [1.807, 2.05) is 0 Å². The van der Waals surface area contributed by atoms with E-state index in [0.717, 1.165) is 4.90 Å². The van der Waals surface area contributed by atoms with Crippen molar-refractivity contribution in [2.45, 2.75) is 19.6 Å². The van der Waals surface area contributed by atoms with Crippen LogP contribution in [0, 0.1) is 0 Å². The monoisotopic (exact) mass is 183 g/mol. The lowest BCUT2D eigenvalue weighted by molar-refractivity contribution is -0.906. The van der Waals surface area contributed by atoms with Crippen LogP contribution in [0.25, 0.3) is 0 Å². The van der Waals surface area contributed by atoms with Gasteiger partial charge >= 0.3 is 0 Å². The fraction of sp³-hybridized carbons (Fsp3) is 1.00. The second-order valence-corrected chi connectivity index (χ2v) is 3.49. The van der Waals surface area contributed by atoms with E-state index in [0.29, 0.717) is 6.42 Å². The van der Waals surface area contributed by atoms with E-state index in [-0.39, 0.29) is 0 Å². The maximum atomic E-state index is 10.1. The van der Waals surface area contributed by atoms with Crippen LogP contribution in [0.5, 0.6) is 0 Å². The Morgan fingerprint density at radius 2 is 2.00 bits per heavy atom. The van der Waals surface area contributed by atoms with Gasteiger partial charge < -0.3 is 9.45 Å². The van der Waals surface area contributed by atoms with Gasteiger partial charge in [-0.2, -0.15) is 0 Å². The molecule has 0 saturated heterocycles. The van der Waals surface area contributed by atoms with E-state index in [1.54, 1.807) is 21.0 Å². The molecular formula is C5H13NO4S. The minimum absolute atomic E-state index is 0.490. The Bertz CT molecular complexity index is 199. The van der Waals surface area contributed by atoms with Gasteiger partial charge in [0.15, 0.2) is 0 Å². The first-order chi connectivity index (χ1) is 4.87. The van der Waals surface area contributed by atoms with Crippen LogP contribution in [0.3, 0.4) is 0 Å². The Morgan fingerprint density at radius 1 is 1.55 bits per heavy atom. The zero-order valence-corrected chi connectivity index (χ0v) is 7.64. The summed E-state index contributed by atoms with van der Waals surface area (Å²) in [6.07, 6.45) is -0.0819. The number of hydrogen-bond donors (Lipinski definition) is 1. The lowest BCUT2D eigenvalue weighted by Crippen LogP contribution is -3.10. The average molecular weight is 183 g/mol. The summed E-state index contributed by atoms with van der Waals surface area (Å²) in [4.78, 5) is 0.784. The van der Waals surface area contributed by atoms with E-state index in [9.17, 15) is 13.0 Å². The normalized spacial score (nSPS) is 15.4. The van der Waals surface area contributed by atoms with E-state index < -0.39 is 16.6 Å². The fourth-order valence-electron chi connectivity index (χ4n) is 0.715. The van der Waals surface area contributed by atoms with Crippen LogP contribution < -0.4 is 4.90 Å². The van der Waals surface area contributed by atoms with Gasteiger partial charge in [0, 0.05) is 6.42 Å². The highest BCUT2D eigenvalue weighted by Gasteiger charge is 2.15. The molecule has 11 heavy (non-hydrogen) atoms. The molecule has 0 rings (SSSR count). The maximum absolute atomic E-state index is 10.1.